The van der Waals surface area contributed by atoms with Gasteiger partial charge in [0.15, 0.2) is 11.3 Å². The molecule has 0 aliphatic carbocycles. The Morgan fingerprint density at radius 2 is 2.04 bits per heavy atom. The number of hydrogen-bond acceptors (Lipinski definition) is 6. The first-order chi connectivity index (χ1) is 13.2. The van der Waals surface area contributed by atoms with E-state index in [0.29, 0.717) is 30.1 Å². The summed E-state index contributed by atoms with van der Waals surface area (Å²) in [6.07, 6.45) is 2.21. The molecule has 0 radical (unpaired) electrons. The summed E-state index contributed by atoms with van der Waals surface area (Å²) in [5.41, 5.74) is 1.05. The average molecular weight is 386 g/mol. The minimum atomic E-state index is -0.791. The molecule has 3 rings (SSSR count). The summed E-state index contributed by atoms with van der Waals surface area (Å²) < 4.78 is 16.3. The molecular weight excluding hydrogens is 360 g/mol. The lowest BCUT2D eigenvalue weighted by atomic mass is 9.94. The molecule has 0 saturated heterocycles. The molecule has 28 heavy (non-hydrogen) atoms. The predicted molar refractivity (Wildman–Crippen MR) is 105 cm³/mol. The number of benzene rings is 1. The highest BCUT2D eigenvalue weighted by Gasteiger charge is 2.28. The van der Waals surface area contributed by atoms with Crippen LogP contribution in [0.5, 0.6) is 0 Å². The summed E-state index contributed by atoms with van der Waals surface area (Å²) >= 11 is 0. The summed E-state index contributed by atoms with van der Waals surface area (Å²) in [6.45, 7) is 6.99. The molecule has 1 aromatic carbocycles. The van der Waals surface area contributed by atoms with Gasteiger partial charge >= 0.3 is 6.09 Å². The fourth-order valence-electron chi connectivity index (χ4n) is 2.79. The Labute approximate surface area is 163 Å². The molecule has 0 aliphatic rings. The Balaban J connectivity index is 1.68. The number of aliphatic hydroxyl groups excluding tert-OH is 1. The van der Waals surface area contributed by atoms with Crippen molar-refractivity contribution in [1.82, 2.24) is 10.3 Å². The third-order valence-electron chi connectivity index (χ3n) is 4.30. The monoisotopic (exact) mass is 386 g/mol. The molecule has 1 amide bonds. The van der Waals surface area contributed by atoms with Gasteiger partial charge < -0.3 is 24.0 Å². The van der Waals surface area contributed by atoms with Crippen LogP contribution in [0.25, 0.3) is 22.8 Å². The number of carbonyl (C=O) groups is 1. The van der Waals surface area contributed by atoms with E-state index in [0.717, 1.165) is 11.1 Å². The molecule has 2 heterocycles. The van der Waals surface area contributed by atoms with Crippen LogP contribution in [-0.4, -0.2) is 33.9 Å². The predicted octanol–water partition coefficient (Wildman–Crippen LogP) is 4.30. The minimum absolute atomic E-state index is 0.193. The Morgan fingerprint density at radius 3 is 2.68 bits per heavy atom. The van der Waals surface area contributed by atoms with Crippen molar-refractivity contribution >= 4 is 17.2 Å². The molecule has 0 saturated carbocycles. The van der Waals surface area contributed by atoms with Crippen molar-refractivity contribution in [3.8, 4) is 11.7 Å². The van der Waals surface area contributed by atoms with Crippen LogP contribution in [0.3, 0.4) is 0 Å². The van der Waals surface area contributed by atoms with Gasteiger partial charge in [0, 0.05) is 0 Å². The van der Waals surface area contributed by atoms with Gasteiger partial charge in [-0.25, -0.2) is 9.78 Å². The Bertz CT molecular complexity index is 940. The van der Waals surface area contributed by atoms with Crippen molar-refractivity contribution in [1.29, 1.82) is 0 Å². The van der Waals surface area contributed by atoms with Crippen LogP contribution >= 0.6 is 0 Å². The van der Waals surface area contributed by atoms with E-state index >= 15 is 0 Å². The molecule has 0 fully saturated rings. The largest absolute Gasteiger partial charge is 0.459 e. The molecule has 1 atom stereocenters. The molecule has 0 spiro atoms. The number of aryl methyl sites for hydroxylation is 1. The van der Waals surface area contributed by atoms with Crippen molar-refractivity contribution < 1.29 is 23.5 Å². The lowest BCUT2D eigenvalue weighted by Gasteiger charge is -2.30. The molecule has 7 heteroatoms. The quantitative estimate of drug-likeness (QED) is 0.656. The van der Waals surface area contributed by atoms with E-state index in [1.165, 1.54) is 0 Å². The number of rotatable bonds is 6. The number of furan rings is 1. The SMILES string of the molecule is CC(C)(C)OC(=O)N[C@@](C)(CO)CCc1ccc2oc(-c3ccco3)nc2c1. The third-order valence-corrected chi connectivity index (χ3v) is 4.30. The molecule has 7 nitrogen and oxygen atoms in total. The van der Waals surface area contributed by atoms with Crippen molar-refractivity contribution in [2.75, 3.05) is 6.61 Å². The van der Waals surface area contributed by atoms with Crippen molar-refractivity contribution in [2.45, 2.75) is 51.7 Å². The number of carbonyl (C=O) groups excluding carboxylic acids is 1. The van der Waals surface area contributed by atoms with Crippen molar-refractivity contribution in [3.05, 3.63) is 42.2 Å². The van der Waals surface area contributed by atoms with Crippen LogP contribution in [-0.2, 0) is 11.2 Å². The van der Waals surface area contributed by atoms with Crippen molar-refractivity contribution in [2.24, 2.45) is 0 Å². The third kappa shape index (κ3) is 4.92. The highest BCUT2D eigenvalue weighted by Crippen LogP contribution is 2.26. The number of oxazole rings is 1. The smallest absolute Gasteiger partial charge is 0.408 e. The van der Waals surface area contributed by atoms with Gasteiger partial charge in [0.25, 0.3) is 5.89 Å². The summed E-state index contributed by atoms with van der Waals surface area (Å²) in [7, 11) is 0. The zero-order chi connectivity index (χ0) is 20.4. The van der Waals surface area contributed by atoms with E-state index in [1.54, 1.807) is 46.1 Å². The molecule has 0 aliphatic heterocycles. The summed E-state index contributed by atoms with van der Waals surface area (Å²) in [4.78, 5) is 16.5. The van der Waals surface area contributed by atoms with Crippen LogP contribution < -0.4 is 5.32 Å². The topological polar surface area (TPSA) is 97.7 Å². The number of ether oxygens (including phenoxy) is 1. The van der Waals surface area contributed by atoms with Gasteiger partial charge in [0.05, 0.1) is 18.4 Å². The number of nitrogens with one attached hydrogen (secondary N) is 1. The maximum Gasteiger partial charge on any atom is 0.408 e. The number of alkyl carbamates (subject to hydrolysis) is 1. The minimum Gasteiger partial charge on any atom is -0.459 e. The van der Waals surface area contributed by atoms with Gasteiger partial charge in [-0.05, 0) is 70.4 Å². The highest BCUT2D eigenvalue weighted by molar-refractivity contribution is 5.76. The molecule has 2 aromatic heterocycles. The van der Waals surface area contributed by atoms with Crippen LogP contribution in [0.15, 0.2) is 45.4 Å². The second-order valence-electron chi connectivity index (χ2n) is 8.14. The van der Waals surface area contributed by atoms with Gasteiger partial charge in [-0.3, -0.25) is 0 Å². The van der Waals surface area contributed by atoms with Gasteiger partial charge in [-0.15, -0.1) is 0 Å². The van der Waals surface area contributed by atoms with Gasteiger partial charge in [-0.1, -0.05) is 6.07 Å². The summed E-state index contributed by atoms with van der Waals surface area (Å²) in [6, 6.07) is 9.33. The lowest BCUT2D eigenvalue weighted by molar-refractivity contribution is 0.0407. The van der Waals surface area contributed by atoms with E-state index in [9.17, 15) is 9.90 Å². The first kappa shape index (κ1) is 19.9. The fourth-order valence-corrected chi connectivity index (χ4v) is 2.79. The number of amides is 1. The molecule has 0 bridgehead atoms. The van der Waals surface area contributed by atoms with Crippen LogP contribution in [0.1, 0.15) is 39.7 Å². The molecule has 150 valence electrons. The lowest BCUT2D eigenvalue weighted by Crippen LogP contribution is -2.50. The highest BCUT2D eigenvalue weighted by atomic mass is 16.6. The van der Waals surface area contributed by atoms with Crippen molar-refractivity contribution in [3.63, 3.8) is 0 Å². The van der Waals surface area contributed by atoms with Gasteiger partial charge in [0.1, 0.15) is 11.1 Å². The number of fused-ring (bicyclic) bond motifs is 1. The molecule has 0 unspecified atom stereocenters. The fraction of sp³-hybridized carbons (Fsp3) is 0.429. The van der Waals surface area contributed by atoms with E-state index in [2.05, 4.69) is 10.3 Å². The number of aromatic nitrogens is 1. The zero-order valence-electron chi connectivity index (χ0n) is 16.6. The first-order valence-corrected chi connectivity index (χ1v) is 9.23. The van der Waals surface area contributed by atoms with Crippen LogP contribution in [0.4, 0.5) is 4.79 Å². The first-order valence-electron chi connectivity index (χ1n) is 9.23. The Kier molecular flexibility index (Phi) is 5.47. The van der Waals surface area contributed by atoms with Gasteiger partial charge in [0.2, 0.25) is 0 Å². The summed E-state index contributed by atoms with van der Waals surface area (Å²) in [5.74, 6) is 1.01. The molecular formula is C21H26N2O5. The molecule has 3 aromatic rings. The van der Waals surface area contributed by atoms with Crippen LogP contribution in [0, 0.1) is 0 Å². The van der Waals surface area contributed by atoms with E-state index < -0.39 is 17.2 Å². The standard InChI is InChI=1S/C21H26N2O5/c1-20(2,3)28-19(25)23-21(4,13-24)10-9-14-7-8-16-15(12-14)22-18(27-16)17-6-5-11-26-17/h5-8,11-12,24H,9-10,13H2,1-4H3,(H,23,25)/t21-/m1/s1. The maximum absolute atomic E-state index is 12.1. The second-order valence-corrected chi connectivity index (χ2v) is 8.14. The summed E-state index contributed by atoms with van der Waals surface area (Å²) in [5, 5.41) is 12.6. The van der Waals surface area contributed by atoms with E-state index in [-0.39, 0.29) is 6.61 Å². The normalized spacial score (nSPS) is 14.0. The molecule has 2 N–H and O–H groups in total. The van der Waals surface area contributed by atoms with Crippen LogP contribution in [0.2, 0.25) is 0 Å². The van der Waals surface area contributed by atoms with E-state index in [4.69, 9.17) is 13.6 Å². The van der Waals surface area contributed by atoms with E-state index in [1.807, 2.05) is 18.2 Å². The van der Waals surface area contributed by atoms with Gasteiger partial charge in [-0.2, -0.15) is 0 Å². The Hall–Kier alpha value is -2.80. The second kappa shape index (κ2) is 7.67. The number of hydrogen-bond donors (Lipinski definition) is 2. The maximum atomic E-state index is 12.1. The average Bonchev–Trinajstić information content (AvgIpc) is 3.26. The number of nitrogens with zero attached hydrogens (tertiary/aromatic N) is 1. The zero-order valence-corrected chi connectivity index (χ0v) is 16.6. The number of aliphatic hydroxyl groups is 1. The Morgan fingerprint density at radius 1 is 1.25 bits per heavy atom.